The molecule has 0 radical (unpaired) electrons. The van der Waals surface area contributed by atoms with Crippen LogP contribution in [0.15, 0.2) is 42.5 Å². The molecule has 0 atom stereocenters. The Morgan fingerprint density at radius 1 is 1.14 bits per heavy atom. The first-order chi connectivity index (χ1) is 10.0. The van der Waals surface area contributed by atoms with Gasteiger partial charge in [0.15, 0.2) is 11.5 Å². The second kappa shape index (κ2) is 6.00. The average molecular weight is 286 g/mol. The number of carboxylic acids is 1. The zero-order valence-electron chi connectivity index (χ0n) is 11.3. The molecule has 21 heavy (non-hydrogen) atoms. The maximum absolute atomic E-state index is 11.4. The molecule has 2 rings (SSSR count). The molecule has 5 heteroatoms. The van der Waals surface area contributed by atoms with Crippen molar-refractivity contribution in [2.45, 2.75) is 0 Å². The average Bonchev–Trinajstić information content (AvgIpc) is 2.44. The SMILES string of the molecule is COc1ccc(/C=C(\C(=O)O)c2cccc(O)c2)cc1O. The van der Waals surface area contributed by atoms with Crippen molar-refractivity contribution < 1.29 is 24.9 Å². The minimum absolute atomic E-state index is 0.00969. The van der Waals surface area contributed by atoms with Crippen molar-refractivity contribution in [3.8, 4) is 17.2 Å². The number of phenols is 2. The third-order valence-corrected chi connectivity index (χ3v) is 2.90. The summed E-state index contributed by atoms with van der Waals surface area (Å²) in [6.45, 7) is 0. The molecule has 0 heterocycles. The molecule has 2 aromatic rings. The van der Waals surface area contributed by atoms with E-state index in [2.05, 4.69) is 0 Å². The van der Waals surface area contributed by atoms with Crippen molar-refractivity contribution in [1.29, 1.82) is 0 Å². The van der Waals surface area contributed by atoms with E-state index in [0.29, 0.717) is 16.9 Å². The van der Waals surface area contributed by atoms with Gasteiger partial charge in [0, 0.05) is 0 Å². The monoisotopic (exact) mass is 286 g/mol. The van der Waals surface area contributed by atoms with E-state index in [0.717, 1.165) is 0 Å². The smallest absolute Gasteiger partial charge is 0.336 e. The molecular formula is C16H14O5. The van der Waals surface area contributed by atoms with Crippen molar-refractivity contribution in [2.24, 2.45) is 0 Å². The predicted molar refractivity (Wildman–Crippen MR) is 78.3 cm³/mol. The number of carbonyl (C=O) groups is 1. The van der Waals surface area contributed by atoms with Gasteiger partial charge in [-0.3, -0.25) is 0 Å². The van der Waals surface area contributed by atoms with Gasteiger partial charge < -0.3 is 20.1 Å². The van der Waals surface area contributed by atoms with Crippen LogP contribution in [0.5, 0.6) is 17.2 Å². The van der Waals surface area contributed by atoms with Crippen LogP contribution < -0.4 is 4.74 Å². The van der Waals surface area contributed by atoms with Gasteiger partial charge in [-0.25, -0.2) is 4.79 Å². The van der Waals surface area contributed by atoms with Gasteiger partial charge in [0.1, 0.15) is 5.75 Å². The molecule has 5 nitrogen and oxygen atoms in total. The van der Waals surface area contributed by atoms with E-state index in [-0.39, 0.29) is 17.1 Å². The summed E-state index contributed by atoms with van der Waals surface area (Å²) in [7, 11) is 1.43. The Kier molecular flexibility index (Phi) is 4.13. The third kappa shape index (κ3) is 3.33. The summed E-state index contributed by atoms with van der Waals surface area (Å²) in [5, 5.41) is 28.5. The molecule has 2 aromatic carbocycles. The van der Waals surface area contributed by atoms with Gasteiger partial charge in [0.05, 0.1) is 12.7 Å². The first-order valence-corrected chi connectivity index (χ1v) is 6.12. The van der Waals surface area contributed by atoms with Gasteiger partial charge in [0.25, 0.3) is 0 Å². The molecule has 0 aromatic heterocycles. The Morgan fingerprint density at radius 2 is 1.90 bits per heavy atom. The number of benzene rings is 2. The summed E-state index contributed by atoms with van der Waals surface area (Å²) in [5.41, 5.74) is 0.891. The van der Waals surface area contributed by atoms with Gasteiger partial charge in [-0.2, -0.15) is 0 Å². The number of hydrogen-bond acceptors (Lipinski definition) is 4. The highest BCUT2D eigenvalue weighted by atomic mass is 16.5. The fourth-order valence-corrected chi connectivity index (χ4v) is 1.91. The minimum atomic E-state index is -1.13. The molecule has 0 saturated heterocycles. The van der Waals surface area contributed by atoms with Crippen molar-refractivity contribution >= 4 is 17.6 Å². The van der Waals surface area contributed by atoms with E-state index in [1.54, 1.807) is 24.3 Å². The van der Waals surface area contributed by atoms with Crippen LogP contribution in [-0.4, -0.2) is 28.4 Å². The number of hydrogen-bond donors (Lipinski definition) is 3. The largest absolute Gasteiger partial charge is 0.508 e. The van der Waals surface area contributed by atoms with Crippen LogP contribution in [0.2, 0.25) is 0 Å². The highest BCUT2D eigenvalue weighted by Gasteiger charge is 2.12. The van der Waals surface area contributed by atoms with Crippen molar-refractivity contribution in [3.63, 3.8) is 0 Å². The quantitative estimate of drug-likeness (QED) is 0.594. The van der Waals surface area contributed by atoms with E-state index in [1.807, 2.05) is 0 Å². The highest BCUT2D eigenvalue weighted by Crippen LogP contribution is 2.29. The maximum atomic E-state index is 11.4. The lowest BCUT2D eigenvalue weighted by atomic mass is 10.0. The first kappa shape index (κ1) is 14.5. The van der Waals surface area contributed by atoms with Crippen molar-refractivity contribution in [1.82, 2.24) is 0 Å². The van der Waals surface area contributed by atoms with Gasteiger partial charge in [0.2, 0.25) is 0 Å². The number of aromatic hydroxyl groups is 2. The molecule has 3 N–H and O–H groups in total. The van der Waals surface area contributed by atoms with E-state index in [9.17, 15) is 20.1 Å². The normalized spacial score (nSPS) is 11.2. The number of rotatable bonds is 4. The fraction of sp³-hybridized carbons (Fsp3) is 0.0625. The van der Waals surface area contributed by atoms with Crippen LogP contribution in [0.1, 0.15) is 11.1 Å². The molecule has 0 spiro atoms. The van der Waals surface area contributed by atoms with Crippen LogP contribution in [0.4, 0.5) is 0 Å². The highest BCUT2D eigenvalue weighted by molar-refractivity contribution is 6.20. The molecule has 0 aliphatic heterocycles. The van der Waals surface area contributed by atoms with Crippen LogP contribution in [0.25, 0.3) is 11.6 Å². The lowest BCUT2D eigenvalue weighted by Gasteiger charge is -2.06. The lowest BCUT2D eigenvalue weighted by Crippen LogP contribution is -1.99. The first-order valence-electron chi connectivity index (χ1n) is 6.12. The molecule has 0 fully saturated rings. The summed E-state index contributed by atoms with van der Waals surface area (Å²) >= 11 is 0. The van der Waals surface area contributed by atoms with Crippen LogP contribution in [0, 0.1) is 0 Å². The molecule has 0 saturated carbocycles. The summed E-state index contributed by atoms with van der Waals surface area (Å²) < 4.78 is 4.93. The van der Waals surface area contributed by atoms with Crippen molar-refractivity contribution in [2.75, 3.05) is 7.11 Å². The summed E-state index contributed by atoms with van der Waals surface area (Å²) in [6.07, 6.45) is 1.41. The Balaban J connectivity index is 2.47. The number of methoxy groups -OCH3 is 1. The second-order valence-electron chi connectivity index (χ2n) is 4.34. The number of phenolic OH excluding ortho intramolecular Hbond substituents is 2. The molecule has 0 amide bonds. The molecule has 0 aliphatic rings. The van der Waals surface area contributed by atoms with E-state index in [1.165, 1.54) is 31.4 Å². The number of ether oxygens (including phenoxy) is 1. The molecule has 0 unspecified atom stereocenters. The lowest BCUT2D eigenvalue weighted by molar-refractivity contribution is -0.130. The van der Waals surface area contributed by atoms with E-state index in [4.69, 9.17) is 4.74 Å². The standard InChI is InChI=1S/C16H14O5/c1-21-15-6-5-10(8-14(15)18)7-13(16(19)20)11-3-2-4-12(17)9-11/h2-9,17-18H,1H3,(H,19,20)/b13-7-. The van der Waals surface area contributed by atoms with Gasteiger partial charge in [-0.1, -0.05) is 18.2 Å². The van der Waals surface area contributed by atoms with Crippen LogP contribution in [0.3, 0.4) is 0 Å². The minimum Gasteiger partial charge on any atom is -0.508 e. The number of aliphatic carboxylic acids is 1. The Bertz CT molecular complexity index is 704. The van der Waals surface area contributed by atoms with Crippen molar-refractivity contribution in [3.05, 3.63) is 53.6 Å². The van der Waals surface area contributed by atoms with E-state index < -0.39 is 5.97 Å². The fourth-order valence-electron chi connectivity index (χ4n) is 1.91. The number of carboxylic acid groups (broad SMARTS) is 1. The van der Waals surface area contributed by atoms with Gasteiger partial charge in [-0.05, 0) is 41.5 Å². The zero-order valence-corrected chi connectivity index (χ0v) is 11.3. The molecule has 108 valence electrons. The molecule has 0 aliphatic carbocycles. The molecule has 0 bridgehead atoms. The third-order valence-electron chi connectivity index (χ3n) is 2.90. The van der Waals surface area contributed by atoms with Crippen LogP contribution >= 0.6 is 0 Å². The van der Waals surface area contributed by atoms with Crippen LogP contribution in [-0.2, 0) is 4.79 Å². The van der Waals surface area contributed by atoms with E-state index >= 15 is 0 Å². The summed E-state index contributed by atoms with van der Waals surface area (Å²) in [4.78, 5) is 11.4. The second-order valence-corrected chi connectivity index (χ2v) is 4.34. The topological polar surface area (TPSA) is 87.0 Å². The van der Waals surface area contributed by atoms with Gasteiger partial charge >= 0.3 is 5.97 Å². The molecular weight excluding hydrogens is 272 g/mol. The Morgan fingerprint density at radius 3 is 2.48 bits per heavy atom. The summed E-state index contributed by atoms with van der Waals surface area (Å²) in [5.74, 6) is -0.915. The Hall–Kier alpha value is -2.95. The predicted octanol–water partition coefficient (Wildman–Crippen LogP) is 2.73. The summed E-state index contributed by atoms with van der Waals surface area (Å²) in [6, 6.07) is 10.6. The Labute approximate surface area is 121 Å². The zero-order chi connectivity index (χ0) is 15.4. The van der Waals surface area contributed by atoms with Gasteiger partial charge in [-0.15, -0.1) is 0 Å². The maximum Gasteiger partial charge on any atom is 0.336 e.